The van der Waals surface area contributed by atoms with Crippen LogP contribution in [0.2, 0.25) is 10.0 Å². The van der Waals surface area contributed by atoms with Crippen molar-refractivity contribution in [2.75, 3.05) is 0 Å². The third-order valence-electron chi connectivity index (χ3n) is 2.81. The summed E-state index contributed by atoms with van der Waals surface area (Å²) < 4.78 is 14.0. The molecule has 1 saturated carbocycles. The van der Waals surface area contributed by atoms with Crippen LogP contribution in [0.3, 0.4) is 0 Å². The Balaban J connectivity index is 2.18. The van der Waals surface area contributed by atoms with Crippen LogP contribution >= 0.6 is 23.2 Å². The van der Waals surface area contributed by atoms with E-state index in [1.54, 1.807) is 18.2 Å². The summed E-state index contributed by atoms with van der Waals surface area (Å²) in [5.74, 6) is 0. The molecule has 2 N–H and O–H groups in total. The van der Waals surface area contributed by atoms with Gasteiger partial charge in [-0.2, -0.15) is 0 Å². The fourth-order valence-corrected chi connectivity index (χ4v) is 2.57. The van der Waals surface area contributed by atoms with E-state index in [1.165, 1.54) is 0 Å². The topological polar surface area (TPSA) is 26.0 Å². The quantitative estimate of drug-likeness (QED) is 0.853. The molecule has 0 spiro atoms. The first kappa shape index (κ1) is 11.2. The number of rotatable bonds is 2. The van der Waals surface area contributed by atoms with Crippen LogP contribution in [0.1, 0.15) is 18.4 Å². The highest BCUT2D eigenvalue weighted by atomic mass is 35.5. The molecular formula is C11H12Cl2FN. The van der Waals surface area contributed by atoms with Crippen molar-refractivity contribution < 1.29 is 4.39 Å². The molecule has 1 aromatic rings. The van der Waals surface area contributed by atoms with Crippen molar-refractivity contribution >= 4 is 23.2 Å². The van der Waals surface area contributed by atoms with Crippen molar-refractivity contribution in [1.82, 2.24) is 0 Å². The van der Waals surface area contributed by atoms with E-state index in [2.05, 4.69) is 0 Å². The lowest BCUT2D eigenvalue weighted by molar-refractivity contribution is 0.0445. The molecule has 1 aromatic carbocycles. The van der Waals surface area contributed by atoms with E-state index in [9.17, 15) is 4.39 Å². The third-order valence-corrected chi connectivity index (χ3v) is 3.52. The van der Waals surface area contributed by atoms with Crippen LogP contribution in [0.25, 0.3) is 0 Å². The average molecular weight is 248 g/mol. The zero-order chi connectivity index (χ0) is 11.1. The van der Waals surface area contributed by atoms with Gasteiger partial charge in [-0.1, -0.05) is 29.3 Å². The number of halogens is 3. The van der Waals surface area contributed by atoms with E-state index in [0.29, 0.717) is 28.5 Å². The summed E-state index contributed by atoms with van der Waals surface area (Å²) >= 11 is 11.9. The SMILES string of the molecule is NC1CC(F)(Cc2c(Cl)cccc2Cl)C1. The van der Waals surface area contributed by atoms with E-state index in [-0.39, 0.29) is 12.5 Å². The zero-order valence-electron chi connectivity index (χ0n) is 8.14. The fraction of sp³-hybridized carbons (Fsp3) is 0.455. The average Bonchev–Trinajstić information content (AvgIpc) is 2.09. The second kappa shape index (κ2) is 3.93. The van der Waals surface area contributed by atoms with Gasteiger partial charge in [-0.3, -0.25) is 0 Å². The van der Waals surface area contributed by atoms with Crippen molar-refractivity contribution in [3.63, 3.8) is 0 Å². The van der Waals surface area contributed by atoms with Crippen LogP contribution in [-0.4, -0.2) is 11.7 Å². The smallest absolute Gasteiger partial charge is 0.118 e. The van der Waals surface area contributed by atoms with Gasteiger partial charge >= 0.3 is 0 Å². The minimum absolute atomic E-state index is 0.0173. The number of nitrogens with two attached hydrogens (primary N) is 1. The molecule has 0 bridgehead atoms. The second-order valence-corrected chi connectivity index (χ2v) is 5.01. The van der Waals surface area contributed by atoms with E-state index in [4.69, 9.17) is 28.9 Å². The predicted octanol–water partition coefficient (Wildman–Crippen LogP) is 3.37. The van der Waals surface area contributed by atoms with Gasteiger partial charge in [0.25, 0.3) is 0 Å². The summed E-state index contributed by atoms with van der Waals surface area (Å²) in [5.41, 5.74) is 5.05. The Morgan fingerprint density at radius 1 is 1.33 bits per heavy atom. The molecule has 0 amide bonds. The maximum Gasteiger partial charge on any atom is 0.118 e. The van der Waals surface area contributed by atoms with Crippen LogP contribution < -0.4 is 5.73 Å². The molecule has 0 aliphatic heterocycles. The molecule has 0 unspecified atom stereocenters. The first-order valence-corrected chi connectivity index (χ1v) is 5.63. The fourth-order valence-electron chi connectivity index (χ4n) is 2.04. The second-order valence-electron chi connectivity index (χ2n) is 4.20. The number of hydrogen-bond donors (Lipinski definition) is 1. The van der Waals surface area contributed by atoms with E-state index < -0.39 is 5.67 Å². The van der Waals surface area contributed by atoms with Gasteiger partial charge in [0.1, 0.15) is 5.67 Å². The Labute approximate surface area is 98.4 Å². The molecular weight excluding hydrogens is 236 g/mol. The minimum Gasteiger partial charge on any atom is -0.327 e. The molecule has 4 heteroatoms. The molecule has 2 rings (SSSR count). The molecule has 0 aromatic heterocycles. The van der Waals surface area contributed by atoms with Gasteiger partial charge in [0.15, 0.2) is 0 Å². The lowest BCUT2D eigenvalue weighted by Gasteiger charge is -2.39. The van der Waals surface area contributed by atoms with Crippen LogP contribution in [-0.2, 0) is 6.42 Å². The van der Waals surface area contributed by atoms with Gasteiger partial charge in [0, 0.05) is 22.5 Å². The van der Waals surface area contributed by atoms with Crippen LogP contribution in [0.5, 0.6) is 0 Å². The highest BCUT2D eigenvalue weighted by Gasteiger charge is 2.43. The number of hydrogen-bond acceptors (Lipinski definition) is 1. The molecule has 82 valence electrons. The Bertz CT molecular complexity index is 355. The van der Waals surface area contributed by atoms with E-state index in [1.807, 2.05) is 0 Å². The summed E-state index contributed by atoms with van der Waals surface area (Å²) in [6.45, 7) is 0. The lowest BCUT2D eigenvalue weighted by atomic mass is 9.74. The summed E-state index contributed by atoms with van der Waals surface area (Å²) in [6, 6.07) is 5.19. The van der Waals surface area contributed by atoms with Gasteiger partial charge in [0.2, 0.25) is 0 Å². The maximum atomic E-state index is 14.0. The lowest BCUT2D eigenvalue weighted by Crippen LogP contribution is -2.49. The Morgan fingerprint density at radius 3 is 2.33 bits per heavy atom. The van der Waals surface area contributed by atoms with Crippen LogP contribution in [0.4, 0.5) is 4.39 Å². The van der Waals surface area contributed by atoms with Gasteiger partial charge in [-0.25, -0.2) is 4.39 Å². The highest BCUT2D eigenvalue weighted by Crippen LogP contribution is 2.40. The largest absolute Gasteiger partial charge is 0.327 e. The number of benzene rings is 1. The zero-order valence-corrected chi connectivity index (χ0v) is 9.65. The van der Waals surface area contributed by atoms with Crippen LogP contribution in [0.15, 0.2) is 18.2 Å². The van der Waals surface area contributed by atoms with Gasteiger partial charge in [-0.05, 0) is 30.5 Å². The molecule has 0 heterocycles. The Kier molecular flexibility index (Phi) is 2.93. The Hall–Kier alpha value is -0.310. The third kappa shape index (κ3) is 2.27. The van der Waals surface area contributed by atoms with Crippen molar-refractivity contribution in [2.24, 2.45) is 5.73 Å². The van der Waals surface area contributed by atoms with E-state index >= 15 is 0 Å². The molecule has 1 aliphatic rings. The summed E-state index contributed by atoms with van der Waals surface area (Å²) in [7, 11) is 0. The molecule has 1 aliphatic carbocycles. The summed E-state index contributed by atoms with van der Waals surface area (Å²) in [5, 5.41) is 1.06. The number of alkyl halides is 1. The van der Waals surface area contributed by atoms with Crippen LogP contribution in [0, 0.1) is 0 Å². The molecule has 1 nitrogen and oxygen atoms in total. The first-order chi connectivity index (χ1) is 7.00. The summed E-state index contributed by atoms with van der Waals surface area (Å²) in [4.78, 5) is 0. The molecule has 0 saturated heterocycles. The maximum absolute atomic E-state index is 14.0. The summed E-state index contributed by atoms with van der Waals surface area (Å²) in [6.07, 6.45) is 1.06. The van der Waals surface area contributed by atoms with Crippen molar-refractivity contribution in [2.45, 2.75) is 31.0 Å². The normalized spacial score (nSPS) is 30.0. The standard InChI is InChI=1S/C11H12Cl2FN/c12-9-2-1-3-10(13)8(9)6-11(14)4-7(15)5-11/h1-3,7H,4-6,15H2. The van der Waals surface area contributed by atoms with Crippen molar-refractivity contribution in [1.29, 1.82) is 0 Å². The molecule has 0 atom stereocenters. The molecule has 0 radical (unpaired) electrons. The first-order valence-electron chi connectivity index (χ1n) is 4.88. The molecule has 1 fully saturated rings. The molecule has 15 heavy (non-hydrogen) atoms. The van der Waals surface area contributed by atoms with Crippen molar-refractivity contribution in [3.05, 3.63) is 33.8 Å². The minimum atomic E-state index is -1.21. The highest BCUT2D eigenvalue weighted by molar-refractivity contribution is 6.36. The predicted molar refractivity (Wildman–Crippen MR) is 61.2 cm³/mol. The van der Waals surface area contributed by atoms with Gasteiger partial charge < -0.3 is 5.73 Å². The Morgan fingerprint density at radius 2 is 1.87 bits per heavy atom. The van der Waals surface area contributed by atoms with Gasteiger partial charge in [-0.15, -0.1) is 0 Å². The van der Waals surface area contributed by atoms with Gasteiger partial charge in [0.05, 0.1) is 0 Å². The van der Waals surface area contributed by atoms with E-state index in [0.717, 1.165) is 0 Å². The van der Waals surface area contributed by atoms with Crippen molar-refractivity contribution in [3.8, 4) is 0 Å². The monoisotopic (exact) mass is 247 g/mol.